The average molecular weight is 176 g/mol. The van der Waals surface area contributed by atoms with Gasteiger partial charge in [0, 0.05) is 12.0 Å². The maximum Gasteiger partial charge on any atom is 0.162 e. The Labute approximate surface area is 80.1 Å². The van der Waals surface area contributed by atoms with Crippen LogP contribution >= 0.6 is 0 Å². The summed E-state index contributed by atoms with van der Waals surface area (Å²) in [4.78, 5) is 11.0. The molecule has 0 aliphatic rings. The molecule has 0 amide bonds. The summed E-state index contributed by atoms with van der Waals surface area (Å²) in [5, 5.41) is 0. The summed E-state index contributed by atoms with van der Waals surface area (Å²) in [7, 11) is 0. The van der Waals surface area contributed by atoms with E-state index in [9.17, 15) is 4.79 Å². The van der Waals surface area contributed by atoms with Crippen molar-refractivity contribution in [3.05, 3.63) is 48.6 Å². The number of ketones is 1. The van der Waals surface area contributed by atoms with E-state index in [1.54, 1.807) is 6.08 Å². The van der Waals surface area contributed by atoms with Gasteiger partial charge in [-0.3, -0.25) is 4.79 Å². The zero-order valence-electron chi connectivity index (χ0n) is 8.29. The maximum absolute atomic E-state index is 11.0. The number of rotatable bonds is 2. The van der Waals surface area contributed by atoms with Gasteiger partial charge in [-0.1, -0.05) is 43.3 Å². The van der Waals surface area contributed by atoms with Crippen molar-refractivity contribution in [1.82, 2.24) is 0 Å². The molecular weight excluding hydrogens is 160 g/mol. The smallest absolute Gasteiger partial charge is 0.162 e. The van der Waals surface area contributed by atoms with Crippen LogP contribution < -0.4 is 0 Å². The van der Waals surface area contributed by atoms with E-state index in [0.29, 0.717) is 6.42 Å². The number of hydrogen-bond acceptors (Lipinski definition) is 1. The molecule has 1 nitrogen and oxygen atoms in total. The largest absolute Gasteiger partial charge is 0.294 e. The second-order valence-electron chi connectivity index (χ2n) is 2.55. The first kappa shape index (κ1) is 11.6. The minimum atomic E-state index is 0.209. The average Bonchev–Trinajstić information content (AvgIpc) is 2.19. The second kappa shape index (κ2) is 7.29. The Bertz CT molecular complexity index is 249. The molecule has 0 bridgehead atoms. The standard InChI is InChI=1S/C9H10O.C3H6/c1-2-9(10)8-6-4-3-5-7-8;1-3-2/h3-7H,2H2,1H3;3H,1H2,2H3. The molecule has 0 unspecified atom stereocenters. The summed E-state index contributed by atoms with van der Waals surface area (Å²) in [6.07, 6.45) is 2.34. The molecule has 0 aliphatic carbocycles. The Morgan fingerprint density at radius 2 is 1.85 bits per heavy atom. The molecule has 1 aromatic rings. The van der Waals surface area contributed by atoms with Crippen molar-refractivity contribution in [2.45, 2.75) is 20.3 Å². The van der Waals surface area contributed by atoms with E-state index in [1.807, 2.05) is 44.2 Å². The fourth-order valence-electron chi connectivity index (χ4n) is 0.828. The minimum absolute atomic E-state index is 0.209. The number of carbonyl (C=O) groups is 1. The Balaban J connectivity index is 0.000000424. The molecule has 13 heavy (non-hydrogen) atoms. The highest BCUT2D eigenvalue weighted by Crippen LogP contribution is 2.01. The van der Waals surface area contributed by atoms with Gasteiger partial charge in [0.15, 0.2) is 5.78 Å². The number of allylic oxidation sites excluding steroid dienone is 1. The van der Waals surface area contributed by atoms with Gasteiger partial charge in [-0.2, -0.15) is 0 Å². The fraction of sp³-hybridized carbons (Fsp3) is 0.250. The fourth-order valence-corrected chi connectivity index (χ4v) is 0.828. The maximum atomic E-state index is 11.0. The van der Waals surface area contributed by atoms with Crippen molar-refractivity contribution in [3.8, 4) is 0 Å². The third-order valence-corrected chi connectivity index (χ3v) is 1.42. The Kier molecular flexibility index (Phi) is 6.52. The van der Waals surface area contributed by atoms with Gasteiger partial charge in [0.05, 0.1) is 0 Å². The zero-order chi connectivity index (χ0) is 10.1. The molecule has 0 heterocycles. The monoisotopic (exact) mass is 176 g/mol. The lowest BCUT2D eigenvalue weighted by molar-refractivity contribution is 0.0988. The molecule has 1 heteroatoms. The molecule has 0 spiro atoms. The van der Waals surface area contributed by atoms with Gasteiger partial charge in [-0.15, -0.1) is 6.58 Å². The number of hydrogen-bond donors (Lipinski definition) is 0. The van der Waals surface area contributed by atoms with Crippen molar-refractivity contribution in [3.63, 3.8) is 0 Å². The molecule has 0 saturated heterocycles. The molecule has 1 rings (SSSR count). The van der Waals surface area contributed by atoms with Gasteiger partial charge in [-0.25, -0.2) is 0 Å². The van der Waals surface area contributed by atoms with Gasteiger partial charge in [-0.05, 0) is 6.92 Å². The first-order valence-electron chi connectivity index (χ1n) is 4.41. The Morgan fingerprint density at radius 3 is 2.23 bits per heavy atom. The highest BCUT2D eigenvalue weighted by molar-refractivity contribution is 5.95. The van der Waals surface area contributed by atoms with Crippen LogP contribution in [0.2, 0.25) is 0 Å². The van der Waals surface area contributed by atoms with E-state index in [0.717, 1.165) is 5.56 Å². The summed E-state index contributed by atoms with van der Waals surface area (Å²) < 4.78 is 0. The van der Waals surface area contributed by atoms with Crippen molar-refractivity contribution >= 4 is 5.78 Å². The molecule has 0 atom stereocenters. The van der Waals surface area contributed by atoms with Crippen LogP contribution in [0.5, 0.6) is 0 Å². The Hall–Kier alpha value is -1.37. The van der Waals surface area contributed by atoms with Crippen molar-refractivity contribution in [2.75, 3.05) is 0 Å². The van der Waals surface area contributed by atoms with Crippen LogP contribution in [-0.4, -0.2) is 5.78 Å². The van der Waals surface area contributed by atoms with Crippen LogP contribution in [0.4, 0.5) is 0 Å². The highest BCUT2D eigenvalue weighted by Gasteiger charge is 1.98. The first-order valence-corrected chi connectivity index (χ1v) is 4.41. The molecule has 1 aromatic carbocycles. The summed E-state index contributed by atoms with van der Waals surface area (Å²) in [6, 6.07) is 9.34. The molecule has 0 aromatic heterocycles. The Morgan fingerprint density at radius 1 is 1.38 bits per heavy atom. The molecule has 0 radical (unpaired) electrons. The van der Waals surface area contributed by atoms with E-state index < -0.39 is 0 Å². The number of benzene rings is 1. The summed E-state index contributed by atoms with van der Waals surface area (Å²) >= 11 is 0. The minimum Gasteiger partial charge on any atom is -0.294 e. The predicted octanol–water partition coefficient (Wildman–Crippen LogP) is 3.47. The van der Waals surface area contributed by atoms with Gasteiger partial charge < -0.3 is 0 Å². The van der Waals surface area contributed by atoms with E-state index in [1.165, 1.54) is 0 Å². The molecular formula is C12H16O. The van der Waals surface area contributed by atoms with Crippen LogP contribution in [0, 0.1) is 0 Å². The van der Waals surface area contributed by atoms with Gasteiger partial charge in [0.2, 0.25) is 0 Å². The third-order valence-electron chi connectivity index (χ3n) is 1.42. The van der Waals surface area contributed by atoms with Crippen LogP contribution in [0.1, 0.15) is 30.6 Å². The van der Waals surface area contributed by atoms with Crippen molar-refractivity contribution in [2.24, 2.45) is 0 Å². The van der Waals surface area contributed by atoms with Crippen LogP contribution in [0.15, 0.2) is 43.0 Å². The van der Waals surface area contributed by atoms with Crippen molar-refractivity contribution < 1.29 is 4.79 Å². The van der Waals surface area contributed by atoms with Gasteiger partial charge in [0.25, 0.3) is 0 Å². The lowest BCUT2D eigenvalue weighted by Crippen LogP contribution is -1.94. The first-order chi connectivity index (χ1) is 6.26. The van der Waals surface area contributed by atoms with Gasteiger partial charge >= 0.3 is 0 Å². The molecule has 0 aliphatic heterocycles. The second-order valence-corrected chi connectivity index (χ2v) is 2.55. The topological polar surface area (TPSA) is 17.1 Å². The summed E-state index contributed by atoms with van der Waals surface area (Å²) in [5.41, 5.74) is 0.810. The normalized spacial score (nSPS) is 8.15. The quantitative estimate of drug-likeness (QED) is 0.498. The molecule has 0 N–H and O–H groups in total. The van der Waals surface area contributed by atoms with Crippen molar-refractivity contribution in [1.29, 1.82) is 0 Å². The molecule has 0 fully saturated rings. The summed E-state index contributed by atoms with van der Waals surface area (Å²) in [5.74, 6) is 0.209. The van der Waals surface area contributed by atoms with E-state index >= 15 is 0 Å². The van der Waals surface area contributed by atoms with Crippen LogP contribution in [0.3, 0.4) is 0 Å². The van der Waals surface area contributed by atoms with E-state index in [2.05, 4.69) is 6.58 Å². The zero-order valence-corrected chi connectivity index (χ0v) is 8.29. The highest BCUT2D eigenvalue weighted by atomic mass is 16.1. The van der Waals surface area contributed by atoms with Gasteiger partial charge in [0.1, 0.15) is 0 Å². The number of Topliss-reactive ketones (excluding diaryl/α,β-unsaturated/α-hetero) is 1. The SMILES string of the molecule is C=CC.CCC(=O)c1ccccc1. The molecule has 0 saturated carbocycles. The predicted molar refractivity (Wildman–Crippen MR) is 56.9 cm³/mol. The third kappa shape index (κ3) is 4.96. The molecule has 70 valence electrons. The summed E-state index contributed by atoms with van der Waals surface area (Å²) in [6.45, 7) is 7.12. The lowest BCUT2D eigenvalue weighted by atomic mass is 10.1. The van der Waals surface area contributed by atoms with Crippen LogP contribution in [-0.2, 0) is 0 Å². The number of carbonyl (C=O) groups excluding carboxylic acids is 1. The lowest BCUT2D eigenvalue weighted by Gasteiger charge is -1.93. The van der Waals surface area contributed by atoms with E-state index in [-0.39, 0.29) is 5.78 Å². The van der Waals surface area contributed by atoms with E-state index in [4.69, 9.17) is 0 Å². The van der Waals surface area contributed by atoms with Crippen LogP contribution in [0.25, 0.3) is 0 Å².